The normalized spacial score (nSPS) is 12.9. The van der Waals surface area contributed by atoms with E-state index >= 15 is 0 Å². The average Bonchev–Trinajstić information content (AvgIpc) is 2.15. The summed E-state index contributed by atoms with van der Waals surface area (Å²) in [6.07, 6.45) is -1.81. The highest BCUT2D eigenvalue weighted by molar-refractivity contribution is 7.51. The molecule has 0 aliphatic rings. The highest BCUT2D eigenvalue weighted by atomic mass is 31.2. The zero-order chi connectivity index (χ0) is 13.5. The molecule has 0 aliphatic carbocycles. The maximum absolute atomic E-state index is 10.9. The van der Waals surface area contributed by atoms with Crippen LogP contribution in [0.25, 0.3) is 0 Å². The van der Waals surface area contributed by atoms with Crippen molar-refractivity contribution >= 4 is 19.6 Å². The maximum Gasteiger partial charge on any atom is 0.350 e. The van der Waals surface area contributed by atoms with Crippen molar-refractivity contribution in [1.82, 2.24) is 5.32 Å². The van der Waals surface area contributed by atoms with Gasteiger partial charge in [-0.2, -0.15) is 4.99 Å². The third-order valence-electron chi connectivity index (χ3n) is 1.39. The predicted octanol–water partition coefficient (Wildman–Crippen LogP) is -2.52. The summed E-state index contributed by atoms with van der Waals surface area (Å²) < 4.78 is 15.2. The molecular formula is C6H15N4O6P. The van der Waals surface area contributed by atoms with Crippen molar-refractivity contribution in [3.8, 4) is 0 Å². The summed E-state index contributed by atoms with van der Waals surface area (Å²) in [5, 5.41) is 11.0. The number of nitrogens with zero attached hydrogens (tertiary/aromatic N) is 1. The molecule has 0 fully saturated rings. The van der Waals surface area contributed by atoms with Gasteiger partial charge in [-0.15, -0.1) is 0 Å². The van der Waals surface area contributed by atoms with E-state index in [4.69, 9.17) is 26.4 Å². The monoisotopic (exact) mass is 270 g/mol. The number of nitrogens with two attached hydrogens (primary N) is 2. The molecular weight excluding hydrogens is 255 g/mol. The SMILES string of the molecule is NC(N)=NC(=O)NC[C@@H](CO)OCP(=O)(O)O. The van der Waals surface area contributed by atoms with E-state index in [1.165, 1.54) is 0 Å². The molecule has 2 amide bonds. The first-order valence-electron chi connectivity index (χ1n) is 4.39. The van der Waals surface area contributed by atoms with Crippen LogP contribution in [0.4, 0.5) is 4.79 Å². The van der Waals surface area contributed by atoms with E-state index in [9.17, 15) is 9.36 Å². The summed E-state index contributed by atoms with van der Waals surface area (Å²) in [6, 6.07) is -0.844. The van der Waals surface area contributed by atoms with Gasteiger partial charge in [-0.3, -0.25) is 4.57 Å². The summed E-state index contributed by atoms with van der Waals surface area (Å²) in [7, 11) is -4.32. The zero-order valence-electron chi connectivity index (χ0n) is 8.81. The number of rotatable bonds is 6. The third kappa shape index (κ3) is 9.72. The summed E-state index contributed by atoms with van der Waals surface area (Å²) in [4.78, 5) is 31.1. The Hall–Kier alpha value is -1.19. The number of urea groups is 1. The summed E-state index contributed by atoms with van der Waals surface area (Å²) >= 11 is 0. The number of aliphatic hydroxyl groups is 1. The number of nitrogens with one attached hydrogen (secondary N) is 1. The van der Waals surface area contributed by atoms with E-state index < -0.39 is 38.6 Å². The molecule has 0 aliphatic heterocycles. The molecule has 0 saturated heterocycles. The largest absolute Gasteiger partial charge is 0.394 e. The number of aliphatic imine (C=N–C) groups is 1. The van der Waals surface area contributed by atoms with Crippen molar-refractivity contribution in [2.45, 2.75) is 6.10 Å². The molecule has 0 aromatic heterocycles. The first kappa shape index (κ1) is 15.8. The Balaban J connectivity index is 4.03. The molecule has 100 valence electrons. The Labute approximate surface area is 96.8 Å². The van der Waals surface area contributed by atoms with Crippen LogP contribution in [0, 0.1) is 0 Å². The first-order chi connectivity index (χ1) is 7.74. The number of hydrogen-bond acceptors (Lipinski definition) is 4. The van der Waals surface area contributed by atoms with Crippen molar-refractivity contribution < 1.29 is 29.0 Å². The number of hydrogen-bond donors (Lipinski definition) is 6. The molecule has 10 nitrogen and oxygen atoms in total. The second-order valence-electron chi connectivity index (χ2n) is 2.99. The highest BCUT2D eigenvalue weighted by Crippen LogP contribution is 2.34. The molecule has 1 atom stereocenters. The van der Waals surface area contributed by atoms with Gasteiger partial charge in [0.2, 0.25) is 0 Å². The van der Waals surface area contributed by atoms with Crippen molar-refractivity contribution in [1.29, 1.82) is 0 Å². The number of ether oxygens (including phenoxy) is 1. The minimum atomic E-state index is -4.32. The summed E-state index contributed by atoms with van der Waals surface area (Å²) in [6.45, 7) is -0.714. The van der Waals surface area contributed by atoms with Crippen LogP contribution in [0.15, 0.2) is 4.99 Å². The Morgan fingerprint density at radius 3 is 2.47 bits per heavy atom. The molecule has 0 radical (unpaired) electrons. The fourth-order valence-corrected chi connectivity index (χ4v) is 1.14. The molecule has 0 saturated carbocycles. The van der Waals surface area contributed by atoms with Gasteiger partial charge >= 0.3 is 13.6 Å². The van der Waals surface area contributed by atoms with Crippen LogP contribution >= 0.6 is 7.60 Å². The van der Waals surface area contributed by atoms with Gasteiger partial charge in [0.05, 0.1) is 12.7 Å². The molecule has 0 aromatic rings. The Kier molecular flexibility index (Phi) is 6.69. The van der Waals surface area contributed by atoms with Crippen molar-refractivity contribution in [2.24, 2.45) is 16.5 Å². The summed E-state index contributed by atoms with van der Waals surface area (Å²) in [5.41, 5.74) is 9.86. The van der Waals surface area contributed by atoms with E-state index in [-0.39, 0.29) is 6.54 Å². The van der Waals surface area contributed by atoms with Gasteiger partial charge in [0.1, 0.15) is 6.35 Å². The Morgan fingerprint density at radius 1 is 1.47 bits per heavy atom. The van der Waals surface area contributed by atoms with E-state index in [0.29, 0.717) is 0 Å². The van der Waals surface area contributed by atoms with Crippen molar-refractivity contribution in [3.63, 3.8) is 0 Å². The van der Waals surface area contributed by atoms with Crippen LogP contribution in [-0.2, 0) is 9.30 Å². The van der Waals surface area contributed by atoms with E-state index in [1.807, 2.05) is 0 Å². The fraction of sp³-hybridized carbons (Fsp3) is 0.667. The molecule has 0 heterocycles. The molecule has 8 N–H and O–H groups in total. The van der Waals surface area contributed by atoms with Gasteiger partial charge in [-0.05, 0) is 0 Å². The van der Waals surface area contributed by atoms with E-state index in [2.05, 4.69) is 15.0 Å². The number of guanidine groups is 1. The fourth-order valence-electron chi connectivity index (χ4n) is 0.737. The number of carbonyl (C=O) groups excluding carboxylic acids is 1. The van der Waals surface area contributed by atoms with E-state index in [1.54, 1.807) is 0 Å². The van der Waals surface area contributed by atoms with Crippen LogP contribution in [0.5, 0.6) is 0 Å². The lowest BCUT2D eigenvalue weighted by Gasteiger charge is -2.15. The quantitative estimate of drug-likeness (QED) is 0.174. The molecule has 0 aromatic carbocycles. The van der Waals surface area contributed by atoms with Crippen LogP contribution in [0.2, 0.25) is 0 Å². The van der Waals surface area contributed by atoms with Gasteiger partial charge in [0.25, 0.3) is 0 Å². The number of aliphatic hydroxyl groups excluding tert-OH is 1. The van der Waals surface area contributed by atoms with Gasteiger partial charge < -0.3 is 36.4 Å². The predicted molar refractivity (Wildman–Crippen MR) is 58.1 cm³/mol. The van der Waals surface area contributed by atoms with Crippen LogP contribution in [0.3, 0.4) is 0 Å². The topological polar surface area (TPSA) is 180 Å². The molecule has 0 rings (SSSR count). The standard InChI is InChI=1S/C6H15N4O6P/c7-5(8)10-6(12)9-1-4(2-11)16-3-17(13,14)15/h4,11H,1-3H2,(H2,13,14,15)(H5,7,8,9,10,12)/t4-/m0/s1. The van der Waals surface area contributed by atoms with E-state index in [0.717, 1.165) is 0 Å². The lowest BCUT2D eigenvalue weighted by Crippen LogP contribution is -2.36. The molecule has 0 spiro atoms. The van der Waals surface area contributed by atoms with Gasteiger partial charge in [0.15, 0.2) is 5.96 Å². The second kappa shape index (κ2) is 7.20. The van der Waals surface area contributed by atoms with Crippen LogP contribution < -0.4 is 16.8 Å². The van der Waals surface area contributed by atoms with Gasteiger partial charge in [-0.1, -0.05) is 0 Å². The second-order valence-corrected chi connectivity index (χ2v) is 4.58. The van der Waals surface area contributed by atoms with Gasteiger partial charge in [-0.25, -0.2) is 4.79 Å². The molecule has 0 bridgehead atoms. The third-order valence-corrected chi connectivity index (χ3v) is 1.88. The van der Waals surface area contributed by atoms with Crippen LogP contribution in [0.1, 0.15) is 0 Å². The Bertz CT molecular complexity index is 324. The first-order valence-corrected chi connectivity index (χ1v) is 6.19. The number of carbonyl (C=O) groups is 1. The number of amides is 2. The molecule has 17 heavy (non-hydrogen) atoms. The highest BCUT2D eigenvalue weighted by Gasteiger charge is 2.17. The van der Waals surface area contributed by atoms with Crippen LogP contribution in [-0.4, -0.2) is 52.5 Å². The maximum atomic E-state index is 10.9. The lowest BCUT2D eigenvalue weighted by atomic mass is 10.4. The van der Waals surface area contributed by atoms with Crippen molar-refractivity contribution in [3.05, 3.63) is 0 Å². The minimum absolute atomic E-state index is 0.188. The molecule has 11 heteroatoms. The lowest BCUT2D eigenvalue weighted by molar-refractivity contribution is 0.0326. The van der Waals surface area contributed by atoms with Crippen molar-refractivity contribution in [2.75, 3.05) is 19.5 Å². The van der Waals surface area contributed by atoms with Gasteiger partial charge in [0, 0.05) is 6.54 Å². The molecule has 0 unspecified atom stereocenters. The minimum Gasteiger partial charge on any atom is -0.394 e. The Morgan fingerprint density at radius 2 is 2.06 bits per heavy atom. The smallest absolute Gasteiger partial charge is 0.350 e. The zero-order valence-corrected chi connectivity index (χ0v) is 9.71. The summed E-state index contributed by atoms with van der Waals surface area (Å²) in [5.74, 6) is -0.431. The average molecular weight is 270 g/mol.